The van der Waals surface area contributed by atoms with Gasteiger partial charge >= 0.3 is 6.18 Å². The number of pyridine rings is 1. The standard InChI is InChI=1S/C16H12F3N3O3S/c17-16(18,19)12-2-1-3-14(7-12)26(23,24)22-9-13(10-22)25-15-6-11(8-20)4-5-21-15/h1-7,13H,9-10H2. The number of hydrogen-bond donors (Lipinski definition) is 0. The molecule has 3 rings (SSSR count). The van der Waals surface area contributed by atoms with Gasteiger partial charge in [-0.3, -0.25) is 0 Å². The Kier molecular flexibility index (Phi) is 4.60. The predicted molar refractivity (Wildman–Crippen MR) is 83.6 cm³/mol. The molecule has 6 nitrogen and oxygen atoms in total. The molecular formula is C16H12F3N3O3S. The molecule has 1 aliphatic heterocycles. The van der Waals surface area contributed by atoms with Crippen molar-refractivity contribution in [3.8, 4) is 11.9 Å². The SMILES string of the molecule is N#Cc1ccnc(OC2CN(S(=O)(=O)c3cccc(C(F)(F)F)c3)C2)c1. The topological polar surface area (TPSA) is 83.3 Å². The highest BCUT2D eigenvalue weighted by molar-refractivity contribution is 7.89. The van der Waals surface area contributed by atoms with Gasteiger partial charge in [0.05, 0.1) is 35.2 Å². The van der Waals surface area contributed by atoms with E-state index in [1.807, 2.05) is 6.07 Å². The minimum atomic E-state index is -4.62. The van der Waals surface area contributed by atoms with Crippen LogP contribution in [0.1, 0.15) is 11.1 Å². The summed E-state index contributed by atoms with van der Waals surface area (Å²) in [5.74, 6) is 0.185. The molecule has 1 saturated heterocycles. The summed E-state index contributed by atoms with van der Waals surface area (Å²) >= 11 is 0. The van der Waals surface area contributed by atoms with Crippen LogP contribution < -0.4 is 4.74 Å². The van der Waals surface area contributed by atoms with Crippen molar-refractivity contribution in [1.82, 2.24) is 9.29 Å². The lowest BCUT2D eigenvalue weighted by Crippen LogP contribution is -2.56. The second-order valence-corrected chi connectivity index (χ2v) is 7.52. The van der Waals surface area contributed by atoms with E-state index in [2.05, 4.69) is 4.98 Å². The lowest BCUT2D eigenvalue weighted by atomic mass is 10.2. The number of sulfonamides is 1. The van der Waals surface area contributed by atoms with Crippen LogP contribution in [-0.2, 0) is 16.2 Å². The zero-order chi connectivity index (χ0) is 18.9. The number of rotatable bonds is 4. The molecule has 0 N–H and O–H groups in total. The monoisotopic (exact) mass is 383 g/mol. The number of nitrogens with zero attached hydrogens (tertiary/aromatic N) is 3. The van der Waals surface area contributed by atoms with Crippen molar-refractivity contribution in [2.75, 3.05) is 13.1 Å². The highest BCUT2D eigenvalue weighted by Gasteiger charge is 2.39. The Morgan fingerprint density at radius 3 is 2.62 bits per heavy atom. The molecule has 26 heavy (non-hydrogen) atoms. The Labute approximate surface area is 147 Å². The zero-order valence-corrected chi connectivity index (χ0v) is 14.0. The van der Waals surface area contributed by atoms with Crippen molar-refractivity contribution in [1.29, 1.82) is 5.26 Å². The van der Waals surface area contributed by atoms with Gasteiger partial charge in [0.1, 0.15) is 6.10 Å². The first-order valence-electron chi connectivity index (χ1n) is 7.40. The van der Waals surface area contributed by atoms with Gasteiger partial charge in [0.25, 0.3) is 0 Å². The summed E-state index contributed by atoms with van der Waals surface area (Å²) in [5.41, 5.74) is -0.674. The van der Waals surface area contributed by atoms with E-state index in [9.17, 15) is 21.6 Å². The molecule has 10 heteroatoms. The maximum atomic E-state index is 12.8. The number of benzene rings is 1. The number of halogens is 3. The lowest BCUT2D eigenvalue weighted by Gasteiger charge is -2.37. The van der Waals surface area contributed by atoms with E-state index in [1.165, 1.54) is 18.3 Å². The van der Waals surface area contributed by atoms with E-state index in [0.717, 1.165) is 22.5 Å². The van der Waals surface area contributed by atoms with Gasteiger partial charge in [0, 0.05) is 12.3 Å². The molecule has 0 spiro atoms. The Morgan fingerprint density at radius 1 is 1.23 bits per heavy atom. The molecule has 1 aromatic carbocycles. The molecule has 0 aliphatic carbocycles. The van der Waals surface area contributed by atoms with Gasteiger partial charge in [0.15, 0.2) is 0 Å². The second-order valence-electron chi connectivity index (χ2n) is 5.58. The number of alkyl halides is 3. The molecule has 0 saturated carbocycles. The van der Waals surface area contributed by atoms with Gasteiger partial charge in [0.2, 0.25) is 15.9 Å². The first-order chi connectivity index (χ1) is 12.2. The molecule has 1 aromatic heterocycles. The van der Waals surface area contributed by atoms with Crippen LogP contribution in [0.4, 0.5) is 13.2 Å². The molecule has 0 unspecified atom stereocenters. The Morgan fingerprint density at radius 2 is 1.96 bits per heavy atom. The highest BCUT2D eigenvalue weighted by atomic mass is 32.2. The Bertz CT molecular complexity index is 964. The van der Waals surface area contributed by atoms with Gasteiger partial charge < -0.3 is 4.74 Å². The van der Waals surface area contributed by atoms with E-state index in [0.29, 0.717) is 11.6 Å². The first-order valence-corrected chi connectivity index (χ1v) is 8.84. The van der Waals surface area contributed by atoms with Crippen molar-refractivity contribution in [2.24, 2.45) is 0 Å². The van der Waals surface area contributed by atoms with E-state index >= 15 is 0 Å². The number of aromatic nitrogens is 1. The number of hydrogen-bond acceptors (Lipinski definition) is 5. The summed E-state index contributed by atoms with van der Waals surface area (Å²) < 4.78 is 69.7. The van der Waals surface area contributed by atoms with Gasteiger partial charge in [-0.1, -0.05) is 6.07 Å². The predicted octanol–water partition coefficient (Wildman–Crippen LogP) is 2.42. The van der Waals surface area contributed by atoms with Crippen LogP contribution in [0.5, 0.6) is 5.88 Å². The van der Waals surface area contributed by atoms with Crippen molar-refractivity contribution in [3.05, 3.63) is 53.7 Å². The average Bonchev–Trinajstić information content (AvgIpc) is 2.57. The van der Waals surface area contributed by atoms with Gasteiger partial charge in [-0.05, 0) is 24.3 Å². The fourth-order valence-electron chi connectivity index (χ4n) is 2.37. The fraction of sp³-hybridized carbons (Fsp3) is 0.250. The van der Waals surface area contributed by atoms with Gasteiger partial charge in [-0.2, -0.15) is 22.7 Å². The molecular weight excluding hydrogens is 371 g/mol. The number of ether oxygens (including phenoxy) is 1. The molecule has 0 amide bonds. The van der Waals surface area contributed by atoms with Gasteiger partial charge in [-0.25, -0.2) is 13.4 Å². The second kappa shape index (κ2) is 6.59. The minimum Gasteiger partial charge on any atom is -0.471 e. The van der Waals surface area contributed by atoms with Crippen molar-refractivity contribution in [2.45, 2.75) is 17.2 Å². The van der Waals surface area contributed by atoms with Crippen LogP contribution in [0.25, 0.3) is 0 Å². The van der Waals surface area contributed by atoms with E-state index in [1.54, 1.807) is 0 Å². The highest BCUT2D eigenvalue weighted by Crippen LogP contribution is 2.32. The third kappa shape index (κ3) is 3.63. The smallest absolute Gasteiger partial charge is 0.416 e. The van der Waals surface area contributed by atoms with E-state index in [-0.39, 0.29) is 19.0 Å². The summed E-state index contributed by atoms with van der Waals surface area (Å²) in [6.07, 6.45) is -3.72. The lowest BCUT2D eigenvalue weighted by molar-refractivity contribution is -0.137. The molecule has 2 aromatic rings. The molecule has 0 bridgehead atoms. The summed E-state index contributed by atoms with van der Waals surface area (Å²) in [6.45, 7) is -0.0337. The minimum absolute atomic E-state index is 0.0168. The fourth-order valence-corrected chi connectivity index (χ4v) is 3.92. The zero-order valence-electron chi connectivity index (χ0n) is 13.1. The summed E-state index contributed by atoms with van der Waals surface area (Å²) in [4.78, 5) is 3.51. The Balaban J connectivity index is 1.69. The molecule has 0 radical (unpaired) electrons. The molecule has 2 heterocycles. The van der Waals surface area contributed by atoms with E-state index in [4.69, 9.17) is 10.00 Å². The summed E-state index contributed by atoms with van der Waals surface area (Å²) in [7, 11) is -4.04. The van der Waals surface area contributed by atoms with Crippen LogP contribution >= 0.6 is 0 Å². The molecule has 1 fully saturated rings. The summed E-state index contributed by atoms with van der Waals surface area (Å²) in [5, 5.41) is 8.82. The van der Waals surface area contributed by atoms with Crippen LogP contribution in [0.15, 0.2) is 47.5 Å². The van der Waals surface area contributed by atoms with Crippen LogP contribution in [0.2, 0.25) is 0 Å². The Hall–Kier alpha value is -2.64. The number of nitriles is 1. The average molecular weight is 383 g/mol. The van der Waals surface area contributed by atoms with Crippen molar-refractivity contribution < 1.29 is 26.3 Å². The van der Waals surface area contributed by atoms with Crippen LogP contribution in [-0.4, -0.2) is 36.9 Å². The maximum Gasteiger partial charge on any atom is 0.416 e. The van der Waals surface area contributed by atoms with E-state index < -0.39 is 32.8 Å². The van der Waals surface area contributed by atoms with Crippen LogP contribution in [0, 0.1) is 11.3 Å². The third-order valence-corrected chi connectivity index (χ3v) is 5.59. The third-order valence-electron chi connectivity index (χ3n) is 3.77. The molecule has 136 valence electrons. The normalized spacial score (nSPS) is 15.9. The molecule has 1 aliphatic rings. The first kappa shape index (κ1) is 18.2. The largest absolute Gasteiger partial charge is 0.471 e. The molecule has 0 atom stereocenters. The van der Waals surface area contributed by atoms with Crippen molar-refractivity contribution in [3.63, 3.8) is 0 Å². The van der Waals surface area contributed by atoms with Gasteiger partial charge in [-0.15, -0.1) is 0 Å². The quantitative estimate of drug-likeness (QED) is 0.810. The van der Waals surface area contributed by atoms with Crippen LogP contribution in [0.3, 0.4) is 0 Å². The maximum absolute atomic E-state index is 12.8. The summed E-state index contributed by atoms with van der Waals surface area (Å²) in [6, 6.07) is 8.45. The van der Waals surface area contributed by atoms with Crippen molar-refractivity contribution >= 4 is 10.0 Å².